The number of hydrogen-bond acceptors (Lipinski definition) is 4. The van der Waals surface area contributed by atoms with E-state index in [2.05, 4.69) is 4.98 Å². The topological polar surface area (TPSA) is 41.1 Å². The van der Waals surface area contributed by atoms with Gasteiger partial charge in [0, 0.05) is 17.3 Å². The molecule has 1 aromatic carbocycles. The number of hydrogen-bond donors (Lipinski definition) is 0. The molecule has 0 saturated carbocycles. The minimum absolute atomic E-state index is 0.0848. The highest BCUT2D eigenvalue weighted by Gasteiger charge is 2.36. The molecule has 2 aromatic heterocycles. The summed E-state index contributed by atoms with van der Waals surface area (Å²) >= 11 is 2.17. The van der Waals surface area contributed by atoms with Gasteiger partial charge < -0.3 is 0 Å². The average Bonchev–Trinajstić information content (AvgIpc) is 3.11. The molecule has 0 radical (unpaired) electrons. The van der Waals surface area contributed by atoms with Gasteiger partial charge in [-0.15, -0.1) is 11.3 Å². The first-order valence-electron chi connectivity index (χ1n) is 6.86. The molecule has 0 aliphatic heterocycles. The molecule has 136 valence electrons. The standard InChI is InChI=1S/C15H7F6N3S2/c16-14(17,18)9-3-8(4-10(5-9)15(19,20)21)7-26-12-11(6-22)24-1-2-25-13(24)23-12/h1-5H,7H2. The molecular weight excluding hydrogens is 400 g/mol. The fourth-order valence-electron chi connectivity index (χ4n) is 2.22. The van der Waals surface area contributed by atoms with Gasteiger partial charge in [0.1, 0.15) is 11.1 Å². The zero-order valence-corrected chi connectivity index (χ0v) is 14.2. The Kier molecular flexibility index (Phi) is 4.66. The number of rotatable bonds is 3. The van der Waals surface area contributed by atoms with Crippen LogP contribution in [0, 0.1) is 11.3 Å². The Labute approximate surface area is 150 Å². The van der Waals surface area contributed by atoms with Gasteiger partial charge in [-0.05, 0) is 23.8 Å². The van der Waals surface area contributed by atoms with Crippen molar-refractivity contribution in [3.05, 3.63) is 52.2 Å². The number of aromatic nitrogens is 2. The van der Waals surface area contributed by atoms with Crippen molar-refractivity contribution < 1.29 is 26.3 Å². The number of thiazole rings is 1. The molecule has 0 aliphatic carbocycles. The predicted octanol–water partition coefficient (Wildman–Crippen LogP) is 5.60. The van der Waals surface area contributed by atoms with Gasteiger partial charge in [-0.3, -0.25) is 4.40 Å². The highest BCUT2D eigenvalue weighted by Crippen LogP contribution is 2.37. The van der Waals surface area contributed by atoms with Crippen molar-refractivity contribution in [2.24, 2.45) is 0 Å². The molecular formula is C15H7F6N3S2. The molecule has 3 rings (SSSR count). The fourth-order valence-corrected chi connectivity index (χ4v) is 3.90. The Bertz CT molecular complexity index is 961. The maximum atomic E-state index is 12.9. The molecule has 3 aromatic rings. The van der Waals surface area contributed by atoms with E-state index in [1.54, 1.807) is 11.6 Å². The second-order valence-electron chi connectivity index (χ2n) is 5.14. The Hall–Kier alpha value is -2.19. The normalized spacial score (nSPS) is 12.5. The van der Waals surface area contributed by atoms with Crippen molar-refractivity contribution >= 4 is 28.1 Å². The maximum Gasteiger partial charge on any atom is 0.416 e. The number of thioether (sulfide) groups is 1. The van der Waals surface area contributed by atoms with E-state index in [1.807, 2.05) is 6.07 Å². The van der Waals surface area contributed by atoms with Crippen LogP contribution in [0.4, 0.5) is 26.3 Å². The molecule has 0 spiro atoms. The average molecular weight is 407 g/mol. The third-order valence-electron chi connectivity index (χ3n) is 3.36. The summed E-state index contributed by atoms with van der Waals surface area (Å²) in [7, 11) is 0. The fraction of sp³-hybridized carbons (Fsp3) is 0.200. The second-order valence-corrected chi connectivity index (χ2v) is 6.97. The lowest BCUT2D eigenvalue weighted by molar-refractivity contribution is -0.143. The summed E-state index contributed by atoms with van der Waals surface area (Å²) < 4.78 is 78.8. The number of benzene rings is 1. The van der Waals surface area contributed by atoms with Crippen LogP contribution in [0.2, 0.25) is 0 Å². The Morgan fingerprint density at radius 3 is 2.23 bits per heavy atom. The van der Waals surface area contributed by atoms with Gasteiger partial charge in [-0.2, -0.15) is 31.6 Å². The van der Waals surface area contributed by atoms with Crippen molar-refractivity contribution in [1.29, 1.82) is 5.26 Å². The van der Waals surface area contributed by atoms with E-state index in [0.29, 0.717) is 17.1 Å². The van der Waals surface area contributed by atoms with Crippen LogP contribution in [0.15, 0.2) is 34.8 Å². The van der Waals surface area contributed by atoms with Crippen LogP contribution in [0.1, 0.15) is 22.4 Å². The van der Waals surface area contributed by atoms with Crippen LogP contribution in [0.25, 0.3) is 4.96 Å². The summed E-state index contributed by atoms with van der Waals surface area (Å²) in [5.41, 5.74) is -2.70. The zero-order valence-electron chi connectivity index (χ0n) is 12.5. The molecule has 11 heteroatoms. The lowest BCUT2D eigenvalue weighted by Crippen LogP contribution is -2.11. The molecule has 0 N–H and O–H groups in total. The van der Waals surface area contributed by atoms with Crippen LogP contribution >= 0.6 is 23.1 Å². The zero-order chi connectivity index (χ0) is 19.1. The summed E-state index contributed by atoms with van der Waals surface area (Å²) in [6.07, 6.45) is -8.17. The summed E-state index contributed by atoms with van der Waals surface area (Å²) in [5, 5.41) is 11.2. The van der Waals surface area contributed by atoms with Crippen molar-refractivity contribution in [2.75, 3.05) is 0 Å². The van der Waals surface area contributed by atoms with Gasteiger partial charge in [0.2, 0.25) is 0 Å². The Morgan fingerprint density at radius 1 is 1.08 bits per heavy atom. The minimum Gasteiger partial charge on any atom is -0.281 e. The van der Waals surface area contributed by atoms with Gasteiger partial charge in [0.15, 0.2) is 10.7 Å². The largest absolute Gasteiger partial charge is 0.416 e. The summed E-state index contributed by atoms with van der Waals surface area (Å²) in [5.74, 6) is -0.188. The summed E-state index contributed by atoms with van der Waals surface area (Å²) in [4.78, 5) is 4.70. The highest BCUT2D eigenvalue weighted by molar-refractivity contribution is 7.98. The van der Waals surface area contributed by atoms with Gasteiger partial charge in [-0.1, -0.05) is 11.8 Å². The number of halogens is 6. The quantitative estimate of drug-likeness (QED) is 0.419. The minimum atomic E-state index is -4.89. The first-order chi connectivity index (χ1) is 12.1. The third-order valence-corrected chi connectivity index (χ3v) is 5.15. The number of nitrogens with zero attached hydrogens (tertiary/aromatic N) is 3. The Balaban J connectivity index is 1.93. The first kappa shape index (κ1) is 18.6. The smallest absolute Gasteiger partial charge is 0.281 e. The van der Waals surface area contributed by atoms with Gasteiger partial charge in [0.05, 0.1) is 11.1 Å². The van der Waals surface area contributed by atoms with E-state index >= 15 is 0 Å². The molecule has 26 heavy (non-hydrogen) atoms. The van der Waals surface area contributed by atoms with Crippen molar-refractivity contribution in [3.8, 4) is 6.07 Å². The molecule has 3 nitrogen and oxygen atoms in total. The summed E-state index contributed by atoms with van der Waals surface area (Å²) in [6.45, 7) is 0. The van der Waals surface area contributed by atoms with E-state index in [4.69, 9.17) is 0 Å². The molecule has 0 atom stereocenters. The van der Waals surface area contributed by atoms with Crippen LogP contribution in [0.5, 0.6) is 0 Å². The lowest BCUT2D eigenvalue weighted by Gasteiger charge is -2.14. The van der Waals surface area contributed by atoms with Gasteiger partial charge >= 0.3 is 12.4 Å². The SMILES string of the molecule is N#Cc1c(SCc2cc(C(F)(F)F)cc(C(F)(F)F)c2)nc2sccn12. The molecule has 0 bridgehead atoms. The maximum absolute atomic E-state index is 12.9. The van der Waals surface area contributed by atoms with E-state index in [1.165, 1.54) is 15.7 Å². The van der Waals surface area contributed by atoms with Crippen molar-refractivity contribution in [2.45, 2.75) is 23.1 Å². The second kappa shape index (κ2) is 6.51. The number of fused-ring (bicyclic) bond motifs is 1. The molecule has 2 heterocycles. The summed E-state index contributed by atoms with van der Waals surface area (Å²) in [6, 6.07) is 3.37. The van der Waals surface area contributed by atoms with E-state index in [9.17, 15) is 31.6 Å². The van der Waals surface area contributed by atoms with Crippen LogP contribution in [-0.2, 0) is 18.1 Å². The predicted molar refractivity (Wildman–Crippen MR) is 83.8 cm³/mol. The number of alkyl halides is 6. The van der Waals surface area contributed by atoms with Crippen LogP contribution in [-0.4, -0.2) is 9.38 Å². The molecule has 0 fully saturated rings. The number of nitriles is 1. The molecule has 0 saturated heterocycles. The molecule has 0 amide bonds. The van der Waals surface area contributed by atoms with Gasteiger partial charge in [0.25, 0.3) is 0 Å². The van der Waals surface area contributed by atoms with Crippen LogP contribution < -0.4 is 0 Å². The molecule has 0 unspecified atom stereocenters. The van der Waals surface area contributed by atoms with E-state index < -0.39 is 23.5 Å². The van der Waals surface area contributed by atoms with Crippen LogP contribution in [0.3, 0.4) is 0 Å². The van der Waals surface area contributed by atoms with E-state index in [-0.39, 0.29) is 28.1 Å². The monoisotopic (exact) mass is 407 g/mol. The Morgan fingerprint density at radius 2 is 1.69 bits per heavy atom. The highest BCUT2D eigenvalue weighted by atomic mass is 32.2. The van der Waals surface area contributed by atoms with Crippen molar-refractivity contribution in [1.82, 2.24) is 9.38 Å². The first-order valence-corrected chi connectivity index (χ1v) is 8.73. The van der Waals surface area contributed by atoms with E-state index in [0.717, 1.165) is 11.8 Å². The lowest BCUT2D eigenvalue weighted by atomic mass is 10.1. The number of imidazole rings is 1. The molecule has 0 aliphatic rings. The third kappa shape index (κ3) is 3.66. The van der Waals surface area contributed by atoms with Crippen molar-refractivity contribution in [3.63, 3.8) is 0 Å². The van der Waals surface area contributed by atoms with Gasteiger partial charge in [-0.25, -0.2) is 4.98 Å².